The lowest BCUT2D eigenvalue weighted by atomic mass is 10.1. The van der Waals surface area contributed by atoms with Crippen LogP contribution in [0.5, 0.6) is 0 Å². The van der Waals surface area contributed by atoms with Gasteiger partial charge in [0.2, 0.25) is 0 Å². The number of rotatable bonds is 3. The van der Waals surface area contributed by atoms with Gasteiger partial charge in [0.25, 0.3) is 0 Å². The lowest BCUT2D eigenvalue weighted by molar-refractivity contribution is 0.183. The van der Waals surface area contributed by atoms with E-state index in [2.05, 4.69) is 4.98 Å². The van der Waals surface area contributed by atoms with E-state index < -0.39 is 6.10 Å². The van der Waals surface area contributed by atoms with Crippen molar-refractivity contribution in [2.24, 2.45) is 5.73 Å². The van der Waals surface area contributed by atoms with Crippen molar-refractivity contribution in [2.75, 3.05) is 6.54 Å². The van der Waals surface area contributed by atoms with E-state index >= 15 is 0 Å². The van der Waals surface area contributed by atoms with E-state index in [0.717, 1.165) is 5.56 Å². The van der Waals surface area contributed by atoms with Crippen LogP contribution in [0.25, 0.3) is 0 Å². The lowest BCUT2D eigenvalue weighted by Gasteiger charge is -2.03. The summed E-state index contributed by atoms with van der Waals surface area (Å²) in [6.45, 7) is 0.325. The van der Waals surface area contributed by atoms with Crippen LogP contribution in [0.15, 0.2) is 18.5 Å². The van der Waals surface area contributed by atoms with E-state index in [4.69, 9.17) is 10.8 Å². The smallest absolute Gasteiger partial charge is 0.0703 e. The van der Waals surface area contributed by atoms with Gasteiger partial charge in [0.05, 0.1) is 6.10 Å². The molecule has 0 radical (unpaired) electrons. The predicted molar refractivity (Wildman–Crippen MR) is 39.6 cm³/mol. The number of hydrogen-bond donors (Lipinski definition) is 3. The standard InChI is InChI=1S/C7H12N2O/c8-4-7(10)3-6-1-2-9-5-6/h1-2,5,7,9-10H,3-4,8H2. The molecule has 3 nitrogen and oxygen atoms in total. The molecule has 10 heavy (non-hydrogen) atoms. The van der Waals surface area contributed by atoms with Crippen molar-refractivity contribution >= 4 is 0 Å². The summed E-state index contributed by atoms with van der Waals surface area (Å²) in [5.41, 5.74) is 6.32. The molecule has 1 atom stereocenters. The molecule has 0 amide bonds. The number of H-pyrrole nitrogens is 1. The van der Waals surface area contributed by atoms with Gasteiger partial charge in [0.15, 0.2) is 0 Å². The monoisotopic (exact) mass is 140 g/mol. The number of aliphatic hydroxyl groups excluding tert-OH is 1. The van der Waals surface area contributed by atoms with Gasteiger partial charge < -0.3 is 15.8 Å². The van der Waals surface area contributed by atoms with Crippen LogP contribution in [-0.4, -0.2) is 22.7 Å². The maximum Gasteiger partial charge on any atom is 0.0703 e. The molecule has 1 aromatic heterocycles. The molecular formula is C7H12N2O. The molecule has 0 bridgehead atoms. The topological polar surface area (TPSA) is 62.0 Å². The van der Waals surface area contributed by atoms with Crippen molar-refractivity contribution in [2.45, 2.75) is 12.5 Å². The van der Waals surface area contributed by atoms with Gasteiger partial charge in [-0.3, -0.25) is 0 Å². The molecule has 0 aromatic carbocycles. The molecule has 1 heterocycles. The third kappa shape index (κ3) is 1.86. The van der Waals surface area contributed by atoms with Crippen molar-refractivity contribution in [3.63, 3.8) is 0 Å². The number of aromatic amines is 1. The lowest BCUT2D eigenvalue weighted by Crippen LogP contribution is -2.21. The zero-order chi connectivity index (χ0) is 7.40. The third-order valence-electron chi connectivity index (χ3n) is 1.41. The van der Waals surface area contributed by atoms with Crippen LogP contribution in [0.3, 0.4) is 0 Å². The van der Waals surface area contributed by atoms with Gasteiger partial charge in [-0.1, -0.05) is 0 Å². The molecule has 1 rings (SSSR count). The van der Waals surface area contributed by atoms with Gasteiger partial charge in [-0.05, 0) is 11.6 Å². The molecule has 0 spiro atoms. The Balaban J connectivity index is 2.40. The number of aromatic nitrogens is 1. The second-order valence-corrected chi connectivity index (χ2v) is 2.31. The summed E-state index contributed by atoms with van der Waals surface area (Å²) in [6.07, 6.45) is 3.92. The average molecular weight is 140 g/mol. The fourth-order valence-corrected chi connectivity index (χ4v) is 0.841. The van der Waals surface area contributed by atoms with Crippen LogP contribution in [0.4, 0.5) is 0 Å². The first kappa shape index (κ1) is 7.31. The summed E-state index contributed by atoms with van der Waals surface area (Å²) in [4.78, 5) is 2.91. The Hall–Kier alpha value is -0.800. The summed E-state index contributed by atoms with van der Waals surface area (Å²) in [6, 6.07) is 1.93. The first-order valence-electron chi connectivity index (χ1n) is 3.32. The van der Waals surface area contributed by atoms with Gasteiger partial charge in [-0.15, -0.1) is 0 Å². The molecule has 0 aliphatic heterocycles. The van der Waals surface area contributed by atoms with Crippen LogP contribution in [0.1, 0.15) is 5.56 Å². The first-order chi connectivity index (χ1) is 4.83. The Bertz CT molecular complexity index is 172. The molecule has 0 aliphatic rings. The van der Waals surface area contributed by atoms with Crippen molar-refractivity contribution in [1.82, 2.24) is 4.98 Å². The molecule has 0 aliphatic carbocycles. The van der Waals surface area contributed by atoms with Crippen molar-refractivity contribution < 1.29 is 5.11 Å². The molecule has 4 N–H and O–H groups in total. The zero-order valence-corrected chi connectivity index (χ0v) is 5.75. The largest absolute Gasteiger partial charge is 0.391 e. The molecule has 0 saturated heterocycles. The van der Waals surface area contributed by atoms with Crippen molar-refractivity contribution in [3.8, 4) is 0 Å². The minimum Gasteiger partial charge on any atom is -0.391 e. The molecule has 3 heteroatoms. The minimum absolute atomic E-state index is 0.325. The molecule has 0 saturated carbocycles. The highest BCUT2D eigenvalue weighted by Gasteiger charge is 2.01. The Morgan fingerprint density at radius 2 is 2.50 bits per heavy atom. The maximum atomic E-state index is 9.09. The van der Waals surface area contributed by atoms with E-state index in [0.29, 0.717) is 13.0 Å². The van der Waals surface area contributed by atoms with Gasteiger partial charge in [-0.25, -0.2) is 0 Å². The van der Waals surface area contributed by atoms with E-state index in [9.17, 15) is 0 Å². The molecular weight excluding hydrogens is 128 g/mol. The minimum atomic E-state index is -0.407. The summed E-state index contributed by atoms with van der Waals surface area (Å²) in [5, 5.41) is 9.09. The highest BCUT2D eigenvalue weighted by atomic mass is 16.3. The van der Waals surface area contributed by atoms with Crippen LogP contribution in [-0.2, 0) is 6.42 Å². The Morgan fingerprint density at radius 1 is 1.70 bits per heavy atom. The van der Waals surface area contributed by atoms with Gasteiger partial charge in [0.1, 0.15) is 0 Å². The average Bonchev–Trinajstić information content (AvgIpc) is 2.40. The number of aliphatic hydroxyl groups is 1. The highest BCUT2D eigenvalue weighted by molar-refractivity contribution is 5.09. The second kappa shape index (κ2) is 3.39. The van der Waals surface area contributed by atoms with E-state index in [1.807, 2.05) is 18.5 Å². The zero-order valence-electron chi connectivity index (χ0n) is 5.75. The summed E-state index contributed by atoms with van der Waals surface area (Å²) in [5.74, 6) is 0. The Kier molecular flexibility index (Phi) is 2.48. The summed E-state index contributed by atoms with van der Waals surface area (Å²) < 4.78 is 0. The number of nitrogens with one attached hydrogen (secondary N) is 1. The van der Waals surface area contributed by atoms with Gasteiger partial charge in [0, 0.05) is 25.4 Å². The third-order valence-corrected chi connectivity index (χ3v) is 1.41. The van der Waals surface area contributed by atoms with Crippen molar-refractivity contribution in [3.05, 3.63) is 24.0 Å². The predicted octanol–water partition coefficient (Wildman–Crippen LogP) is -0.123. The van der Waals surface area contributed by atoms with Gasteiger partial charge in [-0.2, -0.15) is 0 Å². The highest BCUT2D eigenvalue weighted by Crippen LogP contribution is 1.99. The summed E-state index contributed by atoms with van der Waals surface area (Å²) >= 11 is 0. The number of hydrogen-bond acceptors (Lipinski definition) is 2. The fraction of sp³-hybridized carbons (Fsp3) is 0.429. The van der Waals surface area contributed by atoms with E-state index in [1.54, 1.807) is 0 Å². The normalized spacial score (nSPS) is 13.4. The molecule has 1 unspecified atom stereocenters. The van der Waals surface area contributed by atoms with E-state index in [1.165, 1.54) is 0 Å². The first-order valence-corrected chi connectivity index (χ1v) is 3.32. The van der Waals surface area contributed by atoms with Crippen LogP contribution in [0.2, 0.25) is 0 Å². The van der Waals surface area contributed by atoms with E-state index in [-0.39, 0.29) is 0 Å². The summed E-state index contributed by atoms with van der Waals surface area (Å²) in [7, 11) is 0. The molecule has 1 aromatic rings. The molecule has 56 valence electrons. The van der Waals surface area contributed by atoms with Crippen LogP contribution < -0.4 is 5.73 Å². The SMILES string of the molecule is NCC(O)Cc1cc[nH]c1. The Labute approximate surface area is 59.9 Å². The number of nitrogens with two attached hydrogens (primary N) is 1. The Morgan fingerprint density at radius 3 is 3.00 bits per heavy atom. The van der Waals surface area contributed by atoms with Crippen molar-refractivity contribution in [1.29, 1.82) is 0 Å². The molecule has 0 fully saturated rings. The quantitative estimate of drug-likeness (QED) is 0.548. The van der Waals surface area contributed by atoms with Crippen LogP contribution >= 0.6 is 0 Å². The second-order valence-electron chi connectivity index (χ2n) is 2.31. The maximum absolute atomic E-state index is 9.09. The van der Waals surface area contributed by atoms with Crippen LogP contribution in [0, 0.1) is 0 Å². The fourth-order valence-electron chi connectivity index (χ4n) is 0.841. The van der Waals surface area contributed by atoms with Gasteiger partial charge >= 0.3 is 0 Å².